The van der Waals surface area contributed by atoms with E-state index in [-0.39, 0.29) is 6.17 Å². The second kappa shape index (κ2) is 25.8. The van der Waals surface area contributed by atoms with Crippen LogP contribution in [0.4, 0.5) is 0 Å². The lowest BCUT2D eigenvalue weighted by atomic mass is 9.78. The molecule has 5 aromatic rings. The van der Waals surface area contributed by atoms with Crippen LogP contribution in [-0.4, -0.2) is 13.2 Å². The van der Waals surface area contributed by atoms with Crippen molar-refractivity contribution < 1.29 is 0 Å². The maximum absolute atomic E-state index is 5.73. The fourth-order valence-electron chi connectivity index (χ4n) is 6.85. The van der Waals surface area contributed by atoms with Crippen LogP contribution in [0.3, 0.4) is 0 Å². The van der Waals surface area contributed by atoms with E-state index >= 15 is 0 Å². The molecule has 0 fully saturated rings. The molecule has 300 valence electrons. The molecule has 57 heavy (non-hydrogen) atoms. The van der Waals surface area contributed by atoms with Crippen LogP contribution in [0.2, 0.25) is 0 Å². The zero-order chi connectivity index (χ0) is 41.4. The lowest BCUT2D eigenvalue weighted by Crippen LogP contribution is -2.36. The third-order valence-electron chi connectivity index (χ3n) is 10.2. The highest BCUT2D eigenvalue weighted by atomic mass is 15.0. The first-order valence-electron chi connectivity index (χ1n) is 20.8. The maximum Gasteiger partial charge on any atom is 0.0741 e. The summed E-state index contributed by atoms with van der Waals surface area (Å²) in [5.41, 5.74) is 29.8. The molecule has 0 bridgehead atoms. The van der Waals surface area contributed by atoms with Crippen molar-refractivity contribution in [2.45, 2.75) is 85.4 Å². The van der Waals surface area contributed by atoms with Gasteiger partial charge < -0.3 is 22.5 Å². The Kier molecular flexibility index (Phi) is 20.9. The number of benzene rings is 5. The molecule has 0 amide bonds. The fourth-order valence-corrected chi connectivity index (χ4v) is 6.85. The molecule has 0 aromatic heterocycles. The molecule has 1 aliphatic carbocycles. The smallest absolute Gasteiger partial charge is 0.0741 e. The van der Waals surface area contributed by atoms with E-state index in [1.54, 1.807) is 0 Å². The van der Waals surface area contributed by atoms with Gasteiger partial charge in [-0.3, -0.25) is 0 Å². The molecule has 3 unspecified atom stereocenters. The molecule has 0 saturated carbocycles. The summed E-state index contributed by atoms with van der Waals surface area (Å²) in [6, 6.07) is 47.0. The quantitative estimate of drug-likeness (QED) is 0.120. The lowest BCUT2D eigenvalue weighted by molar-refractivity contribution is 0.517. The number of rotatable bonds is 9. The van der Waals surface area contributed by atoms with Gasteiger partial charge in [-0.25, -0.2) is 0 Å². The van der Waals surface area contributed by atoms with E-state index in [4.69, 9.17) is 11.5 Å². The summed E-state index contributed by atoms with van der Waals surface area (Å²) in [5.74, 6) is 0.886. The topological polar surface area (TPSA) is 90.1 Å². The third kappa shape index (κ3) is 14.6. The molecule has 4 nitrogen and oxygen atoms in total. The van der Waals surface area contributed by atoms with E-state index in [9.17, 15) is 0 Å². The van der Waals surface area contributed by atoms with Crippen molar-refractivity contribution >= 4 is 5.57 Å². The molecule has 0 spiro atoms. The molecule has 5 aromatic carbocycles. The summed E-state index contributed by atoms with van der Waals surface area (Å²) >= 11 is 0. The van der Waals surface area contributed by atoms with E-state index in [2.05, 4.69) is 166 Å². The van der Waals surface area contributed by atoms with Crippen molar-refractivity contribution in [2.75, 3.05) is 7.05 Å². The second-order valence-electron chi connectivity index (χ2n) is 14.1. The molecule has 7 rings (SSSR count). The average molecular weight is 761 g/mol. The Morgan fingerprint density at radius 1 is 0.754 bits per heavy atom. The monoisotopic (exact) mass is 761 g/mol. The summed E-state index contributed by atoms with van der Waals surface area (Å²) in [6.45, 7) is 15.9. The first-order chi connectivity index (χ1) is 27.9. The largest absolute Gasteiger partial charge is 0.376 e. The van der Waals surface area contributed by atoms with E-state index in [1.165, 1.54) is 81.1 Å². The Morgan fingerprint density at radius 2 is 1.33 bits per heavy atom. The number of hydrogen-bond acceptors (Lipinski definition) is 4. The Hall–Kier alpha value is -5.26. The van der Waals surface area contributed by atoms with Crippen LogP contribution in [0.5, 0.6) is 0 Å². The number of nitrogens with two attached hydrogens (primary N) is 3. The van der Waals surface area contributed by atoms with Crippen molar-refractivity contribution in [3.05, 3.63) is 198 Å². The Morgan fingerprint density at radius 3 is 1.86 bits per heavy atom. The molecule has 3 atom stereocenters. The molecule has 2 aliphatic rings. The first kappa shape index (κ1) is 46.1. The SMILES string of the molecule is C=C(c1cccc(-c2ccccc2)c1)C(c1ccc(C)cc1)C(C)CC.CC.CN.NC1CCC(C2=CCCC=C2)=CN1.NCc1cccc(-c2ccccc2)c1. The van der Waals surface area contributed by atoms with E-state index in [0.29, 0.717) is 18.4 Å². The molecule has 0 radical (unpaired) electrons. The summed E-state index contributed by atoms with van der Waals surface area (Å²) in [5, 5.41) is 3.17. The van der Waals surface area contributed by atoms with Gasteiger partial charge in [0, 0.05) is 18.7 Å². The average Bonchev–Trinajstić information content (AvgIpc) is 3.30. The molecule has 4 heteroatoms. The molecular formula is C53H68N4. The van der Waals surface area contributed by atoms with E-state index < -0.39 is 0 Å². The Bertz CT molecular complexity index is 1970. The minimum absolute atomic E-state index is 0.150. The van der Waals surface area contributed by atoms with Gasteiger partial charge in [0.15, 0.2) is 0 Å². The van der Waals surface area contributed by atoms with Crippen LogP contribution < -0.4 is 22.5 Å². The molecule has 1 heterocycles. The Balaban J connectivity index is 0.000000237. The minimum Gasteiger partial charge on any atom is -0.376 e. The van der Waals surface area contributed by atoms with Gasteiger partial charge in [0.2, 0.25) is 0 Å². The zero-order valence-electron chi connectivity index (χ0n) is 35.4. The van der Waals surface area contributed by atoms with Crippen molar-refractivity contribution in [3.63, 3.8) is 0 Å². The summed E-state index contributed by atoms with van der Waals surface area (Å²) in [6.07, 6.45) is 14.6. The molecule has 0 saturated heterocycles. The van der Waals surface area contributed by atoms with Gasteiger partial charge in [-0.2, -0.15) is 0 Å². The van der Waals surface area contributed by atoms with Gasteiger partial charge in [-0.15, -0.1) is 0 Å². The maximum atomic E-state index is 5.73. The molecular weight excluding hydrogens is 693 g/mol. The fraction of sp³-hybridized carbons (Fsp3) is 0.283. The third-order valence-corrected chi connectivity index (χ3v) is 10.2. The van der Waals surface area contributed by atoms with Crippen LogP contribution in [0.1, 0.15) is 88.0 Å². The van der Waals surface area contributed by atoms with Crippen molar-refractivity contribution in [1.29, 1.82) is 0 Å². The highest BCUT2D eigenvalue weighted by Gasteiger charge is 2.22. The lowest BCUT2D eigenvalue weighted by Gasteiger charge is -2.26. The van der Waals surface area contributed by atoms with Gasteiger partial charge in [0.25, 0.3) is 0 Å². The van der Waals surface area contributed by atoms with Crippen LogP contribution in [-0.2, 0) is 6.54 Å². The van der Waals surface area contributed by atoms with Gasteiger partial charge in [0.05, 0.1) is 6.17 Å². The summed E-state index contributed by atoms with van der Waals surface area (Å²) in [4.78, 5) is 0. The van der Waals surface area contributed by atoms with Crippen LogP contribution >= 0.6 is 0 Å². The highest BCUT2D eigenvalue weighted by molar-refractivity contribution is 5.75. The predicted octanol–water partition coefficient (Wildman–Crippen LogP) is 12.7. The van der Waals surface area contributed by atoms with Crippen molar-refractivity contribution in [2.24, 2.45) is 23.1 Å². The van der Waals surface area contributed by atoms with Crippen LogP contribution in [0.25, 0.3) is 27.8 Å². The van der Waals surface area contributed by atoms with Gasteiger partial charge >= 0.3 is 0 Å². The number of nitrogens with one attached hydrogen (secondary N) is 1. The minimum atomic E-state index is 0.150. The van der Waals surface area contributed by atoms with E-state index in [0.717, 1.165) is 19.3 Å². The number of allylic oxidation sites excluding steroid dienone is 6. The zero-order valence-corrected chi connectivity index (χ0v) is 35.4. The summed E-state index contributed by atoms with van der Waals surface area (Å²) in [7, 11) is 1.50. The van der Waals surface area contributed by atoms with Gasteiger partial charge in [-0.05, 0) is 113 Å². The molecule has 7 N–H and O–H groups in total. The highest BCUT2D eigenvalue weighted by Crippen LogP contribution is 2.39. The summed E-state index contributed by atoms with van der Waals surface area (Å²) < 4.78 is 0. The first-order valence-corrected chi connectivity index (χ1v) is 20.8. The van der Waals surface area contributed by atoms with E-state index in [1.807, 2.05) is 44.2 Å². The van der Waals surface area contributed by atoms with Gasteiger partial charge in [-0.1, -0.05) is 186 Å². The normalized spacial score (nSPS) is 15.0. The number of hydrogen-bond donors (Lipinski definition) is 4. The van der Waals surface area contributed by atoms with Gasteiger partial charge in [0.1, 0.15) is 0 Å². The second-order valence-corrected chi connectivity index (χ2v) is 14.1. The van der Waals surface area contributed by atoms with Crippen LogP contribution in [0, 0.1) is 12.8 Å². The number of aryl methyl sites for hydroxylation is 1. The standard InChI is InChI=1S/C26H28.C13H13N.C11H16N2.C2H6.CH5N/c1-5-20(3)26(23-16-14-19(2)15-17-23)21(4)24-12-9-13-25(18-24)22-10-7-6-8-11-22;14-10-11-5-4-8-13(9-11)12-6-2-1-3-7-12;12-11-7-6-10(8-13-11)9-4-2-1-3-5-9;2*1-2/h6-18,20,26H,4-5H2,1-3H3;1-9H,10,14H2;2,4-5,8,11,13H,1,3,6-7,12H2;1-2H3;2H2,1H3. The van der Waals surface area contributed by atoms with Crippen LogP contribution in [0.15, 0.2) is 176 Å². The Labute approximate surface area is 345 Å². The van der Waals surface area contributed by atoms with Crippen molar-refractivity contribution in [3.8, 4) is 22.3 Å². The predicted molar refractivity (Wildman–Crippen MR) is 250 cm³/mol. The van der Waals surface area contributed by atoms with Crippen molar-refractivity contribution in [1.82, 2.24) is 5.32 Å². The molecule has 1 aliphatic heterocycles.